The highest BCUT2D eigenvalue weighted by molar-refractivity contribution is 5.79. The fourth-order valence-corrected chi connectivity index (χ4v) is 1.62. The normalized spacial score (nSPS) is 21.5. The van der Waals surface area contributed by atoms with E-state index in [1.54, 1.807) is 18.2 Å². The maximum Gasteiger partial charge on any atom is 0.220 e. The van der Waals surface area contributed by atoms with Crippen molar-refractivity contribution in [3.8, 4) is 5.75 Å². The summed E-state index contributed by atoms with van der Waals surface area (Å²) in [6, 6.07) is 7.08. The molecule has 1 fully saturated rings. The molecule has 0 bridgehead atoms. The Balaban J connectivity index is 2.21. The summed E-state index contributed by atoms with van der Waals surface area (Å²) in [6.07, 6.45) is 0.531. The molecule has 0 saturated carbocycles. The molecule has 2 rings (SSSR count). The lowest BCUT2D eigenvalue weighted by Crippen LogP contribution is -2.13. The van der Waals surface area contributed by atoms with Crippen LogP contribution >= 0.6 is 0 Å². The number of carbonyl (C=O) groups is 1. The quantitative estimate of drug-likeness (QED) is 0.672. The first-order valence-electron chi connectivity index (χ1n) is 4.31. The fourth-order valence-electron chi connectivity index (χ4n) is 1.62. The summed E-state index contributed by atoms with van der Waals surface area (Å²) in [7, 11) is 0. The van der Waals surface area contributed by atoms with Gasteiger partial charge in [0, 0.05) is 18.9 Å². The number of phenols is 1. The van der Waals surface area contributed by atoms with Crippen LogP contribution in [0.5, 0.6) is 5.75 Å². The molecule has 68 valence electrons. The zero-order valence-corrected chi connectivity index (χ0v) is 7.16. The second-order valence-corrected chi connectivity index (χ2v) is 3.30. The summed E-state index contributed by atoms with van der Waals surface area (Å²) in [6.45, 7) is 0.683. The van der Waals surface area contributed by atoms with Gasteiger partial charge in [0.1, 0.15) is 5.75 Å². The Labute approximate surface area is 76.4 Å². The van der Waals surface area contributed by atoms with E-state index in [9.17, 15) is 9.90 Å². The largest absolute Gasteiger partial charge is 0.508 e. The van der Waals surface area contributed by atoms with Crippen molar-refractivity contribution < 1.29 is 9.90 Å². The topological polar surface area (TPSA) is 49.3 Å². The highest BCUT2D eigenvalue weighted by Gasteiger charge is 2.22. The van der Waals surface area contributed by atoms with E-state index < -0.39 is 0 Å². The van der Waals surface area contributed by atoms with Crippen LogP contribution in [0.4, 0.5) is 0 Å². The number of hydrogen-bond acceptors (Lipinski definition) is 2. The smallest absolute Gasteiger partial charge is 0.220 e. The average molecular weight is 177 g/mol. The molecule has 1 aromatic carbocycles. The van der Waals surface area contributed by atoms with Crippen molar-refractivity contribution in [3.05, 3.63) is 29.8 Å². The van der Waals surface area contributed by atoms with Gasteiger partial charge in [-0.2, -0.15) is 0 Å². The summed E-state index contributed by atoms with van der Waals surface area (Å²) < 4.78 is 0. The van der Waals surface area contributed by atoms with Gasteiger partial charge in [-0.25, -0.2) is 0 Å². The van der Waals surface area contributed by atoms with Crippen LogP contribution in [0.2, 0.25) is 0 Å². The van der Waals surface area contributed by atoms with Crippen LogP contribution in [0.25, 0.3) is 0 Å². The molecular weight excluding hydrogens is 166 g/mol. The number of rotatable bonds is 1. The molecule has 1 amide bonds. The van der Waals surface area contributed by atoms with Gasteiger partial charge >= 0.3 is 0 Å². The third-order valence-electron chi connectivity index (χ3n) is 2.32. The van der Waals surface area contributed by atoms with Gasteiger partial charge in [-0.3, -0.25) is 4.79 Å². The zero-order chi connectivity index (χ0) is 9.26. The highest BCUT2D eigenvalue weighted by atomic mass is 16.3. The minimum atomic E-state index is 0.0911. The predicted octanol–water partition coefficient (Wildman–Crippen LogP) is 0.996. The minimum absolute atomic E-state index is 0.0911. The summed E-state index contributed by atoms with van der Waals surface area (Å²) in [5.41, 5.74) is 1.03. The van der Waals surface area contributed by atoms with Crippen molar-refractivity contribution in [2.75, 3.05) is 6.54 Å². The Hall–Kier alpha value is -1.51. The fraction of sp³-hybridized carbons (Fsp3) is 0.300. The number of aromatic hydroxyl groups is 1. The number of benzene rings is 1. The van der Waals surface area contributed by atoms with Gasteiger partial charge < -0.3 is 10.4 Å². The van der Waals surface area contributed by atoms with Crippen LogP contribution in [-0.4, -0.2) is 17.6 Å². The van der Waals surface area contributed by atoms with Gasteiger partial charge in [0.2, 0.25) is 5.91 Å². The predicted molar refractivity (Wildman–Crippen MR) is 48.5 cm³/mol. The second-order valence-electron chi connectivity index (χ2n) is 3.30. The summed E-state index contributed by atoms with van der Waals surface area (Å²) >= 11 is 0. The molecule has 13 heavy (non-hydrogen) atoms. The lowest BCUT2D eigenvalue weighted by Gasteiger charge is -2.06. The van der Waals surface area contributed by atoms with Crippen molar-refractivity contribution >= 4 is 5.91 Å². The maximum absolute atomic E-state index is 10.9. The van der Waals surface area contributed by atoms with Crippen LogP contribution in [0, 0.1) is 0 Å². The summed E-state index contributed by atoms with van der Waals surface area (Å²) in [4.78, 5) is 10.9. The van der Waals surface area contributed by atoms with E-state index in [4.69, 9.17) is 0 Å². The summed E-state index contributed by atoms with van der Waals surface area (Å²) in [5.74, 6) is 0.574. The molecule has 1 aromatic rings. The molecule has 0 unspecified atom stereocenters. The van der Waals surface area contributed by atoms with E-state index in [0.717, 1.165) is 5.56 Å². The molecule has 1 atom stereocenters. The molecule has 3 nitrogen and oxygen atoms in total. The highest BCUT2D eigenvalue weighted by Crippen LogP contribution is 2.25. The summed E-state index contributed by atoms with van der Waals surface area (Å²) in [5, 5.41) is 12.0. The molecule has 1 aliphatic heterocycles. The molecule has 1 saturated heterocycles. The average Bonchev–Trinajstić information content (AvgIpc) is 2.52. The molecule has 0 aromatic heterocycles. The van der Waals surface area contributed by atoms with Gasteiger partial charge in [-0.1, -0.05) is 12.1 Å². The number of nitrogens with one attached hydrogen (secondary N) is 1. The Morgan fingerprint density at radius 3 is 2.92 bits per heavy atom. The third kappa shape index (κ3) is 1.64. The Kier molecular flexibility index (Phi) is 1.93. The molecular formula is C10H11NO2. The minimum Gasteiger partial charge on any atom is -0.508 e. The Bertz CT molecular complexity index is 335. The second kappa shape index (κ2) is 3.09. The van der Waals surface area contributed by atoms with Gasteiger partial charge in [0.05, 0.1) is 0 Å². The Morgan fingerprint density at radius 1 is 1.46 bits per heavy atom. The molecule has 0 spiro atoms. The van der Waals surface area contributed by atoms with E-state index in [0.29, 0.717) is 13.0 Å². The molecule has 3 heteroatoms. The molecule has 1 aliphatic rings. The van der Waals surface area contributed by atoms with Crippen LogP contribution in [-0.2, 0) is 4.79 Å². The van der Waals surface area contributed by atoms with Crippen molar-refractivity contribution in [1.82, 2.24) is 5.32 Å². The lowest BCUT2D eigenvalue weighted by molar-refractivity contribution is -0.119. The van der Waals surface area contributed by atoms with Crippen molar-refractivity contribution in [1.29, 1.82) is 0 Å². The number of hydrogen-bond donors (Lipinski definition) is 2. The van der Waals surface area contributed by atoms with Crippen LogP contribution in [0.1, 0.15) is 17.9 Å². The van der Waals surface area contributed by atoms with Gasteiger partial charge in [0.15, 0.2) is 0 Å². The first-order valence-corrected chi connectivity index (χ1v) is 4.31. The molecule has 2 N–H and O–H groups in total. The first-order chi connectivity index (χ1) is 6.25. The number of amides is 1. The van der Waals surface area contributed by atoms with E-state index in [1.165, 1.54) is 0 Å². The molecule has 1 heterocycles. The van der Waals surface area contributed by atoms with Gasteiger partial charge in [-0.05, 0) is 17.7 Å². The van der Waals surface area contributed by atoms with E-state index in [2.05, 4.69) is 5.32 Å². The molecule has 0 radical (unpaired) electrons. The monoisotopic (exact) mass is 177 g/mol. The SMILES string of the molecule is O=C1C[C@@H](c2cccc(O)c2)CN1. The number of carbonyl (C=O) groups excluding carboxylic acids is 1. The van der Waals surface area contributed by atoms with Crippen molar-refractivity contribution in [2.24, 2.45) is 0 Å². The molecule has 0 aliphatic carbocycles. The van der Waals surface area contributed by atoms with Crippen LogP contribution < -0.4 is 5.32 Å². The van der Waals surface area contributed by atoms with Gasteiger partial charge in [0.25, 0.3) is 0 Å². The van der Waals surface area contributed by atoms with E-state index >= 15 is 0 Å². The lowest BCUT2D eigenvalue weighted by atomic mass is 9.98. The van der Waals surface area contributed by atoms with E-state index in [-0.39, 0.29) is 17.6 Å². The van der Waals surface area contributed by atoms with Crippen LogP contribution in [0.15, 0.2) is 24.3 Å². The third-order valence-corrected chi connectivity index (χ3v) is 2.32. The standard InChI is InChI=1S/C10H11NO2/c12-9-3-1-2-7(4-9)8-5-10(13)11-6-8/h1-4,8,12H,5-6H2,(H,11,13)/t8-/m1/s1. The van der Waals surface area contributed by atoms with Gasteiger partial charge in [-0.15, -0.1) is 0 Å². The van der Waals surface area contributed by atoms with E-state index in [1.807, 2.05) is 6.07 Å². The zero-order valence-electron chi connectivity index (χ0n) is 7.16. The van der Waals surface area contributed by atoms with Crippen LogP contribution in [0.3, 0.4) is 0 Å². The van der Waals surface area contributed by atoms with Crippen molar-refractivity contribution in [2.45, 2.75) is 12.3 Å². The first kappa shape index (κ1) is 8.10. The maximum atomic E-state index is 10.9. The van der Waals surface area contributed by atoms with Crippen molar-refractivity contribution in [3.63, 3.8) is 0 Å². The Morgan fingerprint density at radius 2 is 2.31 bits per heavy atom. The number of phenolic OH excluding ortho intramolecular Hbond substituents is 1.